The molecule has 4 aromatic rings. The van der Waals surface area contributed by atoms with Crippen LogP contribution in [0.5, 0.6) is 0 Å². The van der Waals surface area contributed by atoms with Gasteiger partial charge in [-0.25, -0.2) is 9.37 Å². The van der Waals surface area contributed by atoms with Crippen LogP contribution in [0.4, 0.5) is 20.2 Å². The van der Waals surface area contributed by atoms with Crippen LogP contribution in [-0.4, -0.2) is 15.8 Å². The van der Waals surface area contributed by atoms with Crippen molar-refractivity contribution in [2.45, 2.75) is 0 Å². The molecule has 0 bridgehead atoms. The molecular formula is C20H10ClF2N3O3S. The fourth-order valence-corrected chi connectivity index (χ4v) is 4.02. The maximum absolute atomic E-state index is 14.4. The molecule has 0 spiro atoms. The average molecular weight is 446 g/mol. The highest BCUT2D eigenvalue weighted by atomic mass is 35.5. The Labute approximate surface area is 176 Å². The third kappa shape index (κ3) is 3.72. The number of hydrogen-bond donors (Lipinski definition) is 1. The van der Waals surface area contributed by atoms with E-state index in [2.05, 4.69) is 10.3 Å². The topological polar surface area (TPSA) is 85.1 Å². The summed E-state index contributed by atoms with van der Waals surface area (Å²) in [4.78, 5) is 26.9. The summed E-state index contributed by atoms with van der Waals surface area (Å²) in [5, 5.41) is 13.6. The second kappa shape index (κ2) is 7.77. The van der Waals surface area contributed by atoms with Gasteiger partial charge in [-0.15, -0.1) is 11.3 Å². The number of amides is 1. The SMILES string of the molecule is O=C(Nc1ccc(F)c(-c2nc3ccccc3s2)c1)c1cc([N+](=O)[O-])c(F)cc1Cl. The highest BCUT2D eigenvalue weighted by molar-refractivity contribution is 7.21. The highest BCUT2D eigenvalue weighted by Crippen LogP contribution is 2.33. The molecule has 1 amide bonds. The number of thiazole rings is 1. The molecule has 0 aliphatic rings. The Balaban J connectivity index is 1.68. The van der Waals surface area contributed by atoms with Gasteiger partial charge in [-0.05, 0) is 30.3 Å². The molecule has 0 aliphatic carbocycles. The van der Waals surface area contributed by atoms with E-state index in [1.807, 2.05) is 24.3 Å². The van der Waals surface area contributed by atoms with Gasteiger partial charge in [0.2, 0.25) is 5.82 Å². The van der Waals surface area contributed by atoms with Gasteiger partial charge in [0, 0.05) is 23.4 Å². The van der Waals surface area contributed by atoms with Gasteiger partial charge in [0.05, 0.1) is 25.7 Å². The normalized spacial score (nSPS) is 10.9. The van der Waals surface area contributed by atoms with Crippen molar-refractivity contribution in [1.29, 1.82) is 0 Å². The van der Waals surface area contributed by atoms with Gasteiger partial charge in [-0.3, -0.25) is 14.9 Å². The van der Waals surface area contributed by atoms with Crippen LogP contribution in [0.15, 0.2) is 54.6 Å². The third-order valence-corrected chi connectivity index (χ3v) is 5.61. The molecule has 1 aromatic heterocycles. The summed E-state index contributed by atoms with van der Waals surface area (Å²) in [6.07, 6.45) is 0. The van der Waals surface area contributed by atoms with Crippen molar-refractivity contribution < 1.29 is 18.5 Å². The van der Waals surface area contributed by atoms with E-state index in [0.29, 0.717) is 11.1 Å². The number of benzene rings is 3. The highest BCUT2D eigenvalue weighted by Gasteiger charge is 2.22. The number of halogens is 3. The van der Waals surface area contributed by atoms with Crippen LogP contribution in [-0.2, 0) is 0 Å². The van der Waals surface area contributed by atoms with Crippen LogP contribution in [0.25, 0.3) is 20.8 Å². The molecule has 30 heavy (non-hydrogen) atoms. The molecule has 3 aromatic carbocycles. The first-order valence-electron chi connectivity index (χ1n) is 8.44. The number of nitro benzene ring substituents is 1. The van der Waals surface area contributed by atoms with E-state index in [1.54, 1.807) is 0 Å². The average Bonchev–Trinajstić information content (AvgIpc) is 3.13. The van der Waals surface area contributed by atoms with E-state index in [-0.39, 0.29) is 21.8 Å². The molecule has 0 saturated heterocycles. The zero-order valence-electron chi connectivity index (χ0n) is 14.9. The van der Waals surface area contributed by atoms with Crippen LogP contribution in [0.2, 0.25) is 5.02 Å². The van der Waals surface area contributed by atoms with Gasteiger partial charge in [-0.1, -0.05) is 23.7 Å². The Kier molecular flexibility index (Phi) is 5.15. The van der Waals surface area contributed by atoms with Crippen molar-refractivity contribution in [3.63, 3.8) is 0 Å². The Morgan fingerprint density at radius 3 is 2.60 bits per heavy atom. The van der Waals surface area contributed by atoms with Crippen LogP contribution < -0.4 is 5.32 Å². The van der Waals surface area contributed by atoms with Gasteiger partial charge >= 0.3 is 5.69 Å². The zero-order chi connectivity index (χ0) is 21.4. The summed E-state index contributed by atoms with van der Waals surface area (Å²) in [5.41, 5.74) is -0.0323. The molecule has 0 radical (unpaired) electrons. The lowest BCUT2D eigenvalue weighted by Gasteiger charge is -2.09. The Hall–Kier alpha value is -3.43. The van der Waals surface area contributed by atoms with Crippen LogP contribution in [0, 0.1) is 21.7 Å². The molecule has 4 rings (SSSR count). The number of nitrogens with one attached hydrogen (secondary N) is 1. The quantitative estimate of drug-likeness (QED) is 0.306. The Morgan fingerprint density at radius 1 is 1.10 bits per heavy atom. The minimum absolute atomic E-state index is 0.185. The summed E-state index contributed by atoms with van der Waals surface area (Å²) in [5.74, 6) is -2.48. The predicted molar refractivity (Wildman–Crippen MR) is 111 cm³/mol. The standard InChI is InChI=1S/C20H10ClF2N3O3S/c21-13-9-15(23)17(26(28)29)8-11(13)19(27)24-10-5-6-14(22)12(7-10)20-25-16-3-1-2-4-18(16)30-20/h1-9H,(H,24,27). The second-order valence-electron chi connectivity index (χ2n) is 6.18. The van der Waals surface area contributed by atoms with E-state index in [1.165, 1.54) is 29.5 Å². The minimum Gasteiger partial charge on any atom is -0.322 e. The fourth-order valence-electron chi connectivity index (χ4n) is 2.80. The zero-order valence-corrected chi connectivity index (χ0v) is 16.4. The number of carbonyl (C=O) groups excluding carboxylic acids is 1. The number of nitrogens with zero attached hydrogens (tertiary/aromatic N) is 2. The van der Waals surface area contributed by atoms with Crippen LogP contribution >= 0.6 is 22.9 Å². The lowest BCUT2D eigenvalue weighted by Crippen LogP contribution is -2.13. The van der Waals surface area contributed by atoms with E-state index < -0.39 is 28.2 Å². The smallest absolute Gasteiger partial charge is 0.305 e. The van der Waals surface area contributed by atoms with Gasteiger partial charge < -0.3 is 5.32 Å². The van der Waals surface area contributed by atoms with Gasteiger partial charge in [0.15, 0.2) is 0 Å². The van der Waals surface area contributed by atoms with Crippen LogP contribution in [0.3, 0.4) is 0 Å². The lowest BCUT2D eigenvalue weighted by atomic mass is 10.1. The van der Waals surface area contributed by atoms with E-state index in [4.69, 9.17) is 11.6 Å². The number of aromatic nitrogens is 1. The van der Waals surface area contributed by atoms with Crippen molar-refractivity contribution in [2.75, 3.05) is 5.32 Å². The van der Waals surface area contributed by atoms with Crippen molar-refractivity contribution in [2.24, 2.45) is 0 Å². The number of hydrogen-bond acceptors (Lipinski definition) is 5. The molecular weight excluding hydrogens is 436 g/mol. The monoisotopic (exact) mass is 445 g/mol. The number of nitro groups is 1. The molecule has 1 N–H and O–H groups in total. The molecule has 0 saturated carbocycles. The maximum Gasteiger partial charge on any atom is 0.305 e. The van der Waals surface area contributed by atoms with E-state index >= 15 is 0 Å². The number of anilines is 1. The van der Waals surface area contributed by atoms with E-state index in [0.717, 1.165) is 16.3 Å². The Bertz CT molecular complexity index is 1290. The number of carbonyl (C=O) groups is 1. The molecule has 0 atom stereocenters. The van der Waals surface area contributed by atoms with Gasteiger partial charge in [0.1, 0.15) is 10.8 Å². The molecule has 1 heterocycles. The largest absolute Gasteiger partial charge is 0.322 e. The van der Waals surface area contributed by atoms with Crippen molar-refractivity contribution in [3.05, 3.63) is 86.9 Å². The summed E-state index contributed by atoms with van der Waals surface area (Å²) < 4.78 is 28.9. The summed E-state index contributed by atoms with van der Waals surface area (Å²) in [6, 6.07) is 12.7. The second-order valence-corrected chi connectivity index (χ2v) is 7.61. The summed E-state index contributed by atoms with van der Waals surface area (Å²) >= 11 is 7.17. The van der Waals surface area contributed by atoms with Crippen molar-refractivity contribution in [1.82, 2.24) is 4.98 Å². The lowest BCUT2D eigenvalue weighted by molar-refractivity contribution is -0.387. The molecule has 150 valence electrons. The maximum atomic E-state index is 14.4. The van der Waals surface area contributed by atoms with Crippen molar-refractivity contribution in [3.8, 4) is 10.6 Å². The molecule has 0 unspecified atom stereocenters. The summed E-state index contributed by atoms with van der Waals surface area (Å²) in [7, 11) is 0. The molecule has 0 aliphatic heterocycles. The predicted octanol–water partition coefficient (Wildman–Crippen LogP) is 6.06. The molecule has 10 heteroatoms. The number of rotatable bonds is 4. The molecule has 6 nitrogen and oxygen atoms in total. The van der Waals surface area contributed by atoms with Crippen molar-refractivity contribution >= 4 is 50.4 Å². The molecule has 0 fully saturated rings. The number of fused-ring (bicyclic) bond motifs is 1. The first kappa shape index (κ1) is 19.9. The van der Waals surface area contributed by atoms with Gasteiger partial charge in [-0.2, -0.15) is 4.39 Å². The minimum atomic E-state index is -1.15. The van der Waals surface area contributed by atoms with E-state index in [9.17, 15) is 23.7 Å². The van der Waals surface area contributed by atoms with Gasteiger partial charge in [0.25, 0.3) is 5.91 Å². The first-order chi connectivity index (χ1) is 14.3. The first-order valence-corrected chi connectivity index (χ1v) is 9.63. The fraction of sp³-hybridized carbons (Fsp3) is 0. The third-order valence-electron chi connectivity index (χ3n) is 4.23. The number of para-hydroxylation sites is 1. The Morgan fingerprint density at radius 2 is 1.87 bits per heavy atom. The summed E-state index contributed by atoms with van der Waals surface area (Å²) in [6.45, 7) is 0. The van der Waals surface area contributed by atoms with Crippen LogP contribution in [0.1, 0.15) is 10.4 Å².